The lowest BCUT2D eigenvalue weighted by Gasteiger charge is -2.26. The number of benzene rings is 2. The average molecular weight is 377 g/mol. The zero-order valence-electron chi connectivity index (χ0n) is 13.5. The standard InChI is InChI=1S/C18H14Cl2N2O3/c1-10(16(23)21(2)11-6-4-3-5-7-11)22-17(24)12-8-14(19)15(20)9-13(12)18(22)25/h3-10H,1-2H3. The Hall–Kier alpha value is -2.37. The topological polar surface area (TPSA) is 57.7 Å². The number of fused-ring (bicyclic) bond motifs is 1. The summed E-state index contributed by atoms with van der Waals surface area (Å²) in [4.78, 5) is 40.3. The molecule has 0 aromatic heterocycles. The van der Waals surface area contributed by atoms with Gasteiger partial charge in [0.1, 0.15) is 6.04 Å². The first-order valence-electron chi connectivity index (χ1n) is 7.52. The first-order valence-corrected chi connectivity index (χ1v) is 8.28. The molecule has 1 heterocycles. The molecule has 3 amide bonds. The van der Waals surface area contributed by atoms with Crippen LogP contribution in [0.4, 0.5) is 5.69 Å². The molecular formula is C18H14Cl2N2O3. The number of para-hydroxylation sites is 1. The third kappa shape index (κ3) is 2.90. The minimum atomic E-state index is -0.963. The van der Waals surface area contributed by atoms with E-state index in [1.807, 2.05) is 6.07 Å². The molecule has 3 rings (SSSR count). The number of likely N-dealkylation sites (N-methyl/N-ethyl adjacent to an activating group) is 1. The van der Waals surface area contributed by atoms with Crippen LogP contribution in [0.5, 0.6) is 0 Å². The molecule has 2 aromatic carbocycles. The van der Waals surface area contributed by atoms with Crippen LogP contribution in [0.3, 0.4) is 0 Å². The van der Waals surface area contributed by atoms with E-state index in [4.69, 9.17) is 23.2 Å². The molecule has 0 fully saturated rings. The molecule has 0 bridgehead atoms. The monoisotopic (exact) mass is 376 g/mol. The van der Waals surface area contributed by atoms with Gasteiger partial charge in [0.15, 0.2) is 0 Å². The highest BCUT2D eigenvalue weighted by Crippen LogP contribution is 2.32. The van der Waals surface area contributed by atoms with Crippen molar-refractivity contribution in [2.75, 3.05) is 11.9 Å². The first kappa shape index (κ1) is 17.5. The average Bonchev–Trinajstić information content (AvgIpc) is 2.85. The number of anilines is 1. The van der Waals surface area contributed by atoms with Gasteiger partial charge >= 0.3 is 0 Å². The Kier molecular flexibility index (Phi) is 4.54. The lowest BCUT2D eigenvalue weighted by atomic mass is 10.1. The van der Waals surface area contributed by atoms with Crippen LogP contribution in [0.25, 0.3) is 0 Å². The second-order valence-corrected chi connectivity index (χ2v) is 6.52. The van der Waals surface area contributed by atoms with Gasteiger partial charge in [-0.05, 0) is 31.2 Å². The van der Waals surface area contributed by atoms with Crippen LogP contribution in [-0.2, 0) is 4.79 Å². The maximum Gasteiger partial charge on any atom is 0.262 e. The third-order valence-electron chi connectivity index (χ3n) is 4.18. The minimum Gasteiger partial charge on any atom is -0.314 e. The lowest BCUT2D eigenvalue weighted by Crippen LogP contribution is -2.48. The Balaban J connectivity index is 1.91. The minimum absolute atomic E-state index is 0.154. The van der Waals surface area contributed by atoms with Crippen molar-refractivity contribution in [2.45, 2.75) is 13.0 Å². The van der Waals surface area contributed by atoms with Crippen molar-refractivity contribution in [1.29, 1.82) is 0 Å². The summed E-state index contributed by atoms with van der Waals surface area (Å²) in [6.45, 7) is 1.52. The van der Waals surface area contributed by atoms with Crippen molar-refractivity contribution < 1.29 is 14.4 Å². The molecule has 0 aliphatic carbocycles. The van der Waals surface area contributed by atoms with E-state index in [1.165, 1.54) is 24.0 Å². The zero-order valence-corrected chi connectivity index (χ0v) is 15.0. The molecule has 7 heteroatoms. The molecule has 25 heavy (non-hydrogen) atoms. The van der Waals surface area contributed by atoms with Gasteiger partial charge in [-0.1, -0.05) is 41.4 Å². The Labute approximate surface area is 154 Å². The lowest BCUT2D eigenvalue weighted by molar-refractivity contribution is -0.121. The van der Waals surface area contributed by atoms with Crippen molar-refractivity contribution in [3.05, 3.63) is 63.6 Å². The van der Waals surface area contributed by atoms with E-state index in [0.29, 0.717) is 5.69 Å². The molecule has 2 aromatic rings. The second-order valence-electron chi connectivity index (χ2n) is 5.70. The molecular weight excluding hydrogens is 363 g/mol. The number of carbonyl (C=O) groups excluding carboxylic acids is 3. The zero-order chi connectivity index (χ0) is 18.3. The van der Waals surface area contributed by atoms with Gasteiger partial charge in [0.2, 0.25) is 5.91 Å². The molecule has 5 nitrogen and oxygen atoms in total. The summed E-state index contributed by atoms with van der Waals surface area (Å²) in [7, 11) is 1.60. The molecule has 0 saturated carbocycles. The maximum absolute atomic E-state index is 12.7. The fourth-order valence-electron chi connectivity index (χ4n) is 2.77. The number of hydrogen-bond acceptors (Lipinski definition) is 3. The highest BCUT2D eigenvalue weighted by atomic mass is 35.5. The number of amides is 3. The molecule has 128 valence electrons. The van der Waals surface area contributed by atoms with Crippen LogP contribution in [0.15, 0.2) is 42.5 Å². The Morgan fingerprint density at radius 1 is 1.00 bits per heavy atom. The summed E-state index contributed by atoms with van der Waals surface area (Å²) in [5.74, 6) is -1.49. The fraction of sp³-hybridized carbons (Fsp3) is 0.167. The number of nitrogens with zero attached hydrogens (tertiary/aromatic N) is 2. The summed E-state index contributed by atoms with van der Waals surface area (Å²) in [6.07, 6.45) is 0. The maximum atomic E-state index is 12.7. The van der Waals surface area contributed by atoms with Crippen molar-refractivity contribution in [3.8, 4) is 0 Å². The van der Waals surface area contributed by atoms with Crippen LogP contribution >= 0.6 is 23.2 Å². The smallest absolute Gasteiger partial charge is 0.262 e. The summed E-state index contributed by atoms with van der Waals surface area (Å²) in [6, 6.07) is 10.7. The van der Waals surface area contributed by atoms with E-state index in [-0.39, 0.29) is 27.1 Å². The van der Waals surface area contributed by atoms with E-state index in [2.05, 4.69) is 0 Å². The summed E-state index contributed by atoms with van der Waals surface area (Å²) >= 11 is 11.9. The van der Waals surface area contributed by atoms with Crippen LogP contribution in [-0.4, -0.2) is 35.7 Å². The third-order valence-corrected chi connectivity index (χ3v) is 4.90. The van der Waals surface area contributed by atoms with Gasteiger partial charge in [-0.15, -0.1) is 0 Å². The van der Waals surface area contributed by atoms with Gasteiger partial charge in [-0.2, -0.15) is 0 Å². The Bertz CT molecular complexity index is 842. The first-order chi connectivity index (χ1) is 11.8. The normalized spacial score (nSPS) is 14.5. The van der Waals surface area contributed by atoms with Gasteiger partial charge in [0.25, 0.3) is 11.8 Å². The molecule has 0 spiro atoms. The van der Waals surface area contributed by atoms with Gasteiger partial charge in [0.05, 0.1) is 21.2 Å². The largest absolute Gasteiger partial charge is 0.314 e. The summed E-state index contributed by atoms with van der Waals surface area (Å²) < 4.78 is 0. The van der Waals surface area contributed by atoms with Crippen LogP contribution in [0, 0.1) is 0 Å². The highest BCUT2D eigenvalue weighted by Gasteiger charge is 2.42. The molecule has 0 N–H and O–H groups in total. The molecule has 1 aliphatic heterocycles. The van der Waals surface area contributed by atoms with Gasteiger partial charge < -0.3 is 4.90 Å². The van der Waals surface area contributed by atoms with Gasteiger partial charge in [0, 0.05) is 12.7 Å². The van der Waals surface area contributed by atoms with Crippen molar-refractivity contribution in [2.24, 2.45) is 0 Å². The van der Waals surface area contributed by atoms with E-state index in [9.17, 15) is 14.4 Å². The van der Waals surface area contributed by atoms with Crippen LogP contribution < -0.4 is 4.90 Å². The number of hydrogen-bond donors (Lipinski definition) is 0. The summed E-state index contributed by atoms with van der Waals surface area (Å²) in [5, 5.41) is 0.368. The molecule has 0 radical (unpaired) electrons. The Morgan fingerprint density at radius 3 is 1.96 bits per heavy atom. The molecule has 0 saturated heterocycles. The van der Waals surface area contributed by atoms with E-state index < -0.39 is 17.9 Å². The molecule has 1 aliphatic rings. The van der Waals surface area contributed by atoms with Gasteiger partial charge in [-0.25, -0.2) is 0 Å². The fourth-order valence-corrected chi connectivity index (χ4v) is 3.10. The van der Waals surface area contributed by atoms with E-state index >= 15 is 0 Å². The SMILES string of the molecule is CC(C(=O)N(C)c1ccccc1)N1C(=O)c2cc(Cl)c(Cl)cc2C1=O. The number of rotatable bonds is 3. The van der Waals surface area contributed by atoms with Crippen molar-refractivity contribution in [3.63, 3.8) is 0 Å². The number of halogens is 2. The number of carbonyl (C=O) groups is 3. The Morgan fingerprint density at radius 2 is 1.48 bits per heavy atom. The van der Waals surface area contributed by atoms with Crippen LogP contribution in [0.1, 0.15) is 27.6 Å². The predicted octanol–water partition coefficient (Wildman–Crippen LogP) is 3.64. The van der Waals surface area contributed by atoms with Gasteiger partial charge in [-0.3, -0.25) is 19.3 Å². The number of imide groups is 1. The molecule has 1 atom stereocenters. The van der Waals surface area contributed by atoms with Crippen LogP contribution in [0.2, 0.25) is 10.0 Å². The highest BCUT2D eigenvalue weighted by molar-refractivity contribution is 6.43. The summed E-state index contributed by atoms with van der Waals surface area (Å²) in [5.41, 5.74) is 0.977. The second kappa shape index (κ2) is 6.50. The molecule has 1 unspecified atom stereocenters. The van der Waals surface area contributed by atoms with E-state index in [1.54, 1.807) is 31.3 Å². The van der Waals surface area contributed by atoms with Crippen molar-refractivity contribution in [1.82, 2.24) is 4.90 Å². The van der Waals surface area contributed by atoms with Crippen molar-refractivity contribution >= 4 is 46.6 Å². The quantitative estimate of drug-likeness (QED) is 0.768. The van der Waals surface area contributed by atoms with E-state index in [0.717, 1.165) is 4.90 Å². The predicted molar refractivity (Wildman–Crippen MR) is 96.3 cm³/mol.